The number of nitrogens with one attached hydrogen (secondary N) is 2. The van der Waals surface area contributed by atoms with E-state index in [9.17, 15) is 0 Å². The second kappa shape index (κ2) is 10.8. The Morgan fingerprint density at radius 2 is 1.93 bits per heavy atom. The maximum Gasteiger partial charge on any atom is 0.191 e. The lowest BCUT2D eigenvalue weighted by atomic mass is 10.0. The molecular weight excluding hydrogens is 350 g/mol. The standard InChI is InChI=1S/C22H31N5O/c1-3-23-22(25-16-20-6-4-5-11-24-20)26-17-21(27-12-14-28-15-13-27)19-9-7-18(2)8-10-19/h4-11,21H,3,12-17H2,1-2H3,(H2,23,25,26). The van der Waals surface area contributed by atoms with Crippen molar-refractivity contribution < 1.29 is 4.74 Å². The number of guanidine groups is 1. The molecule has 2 aromatic rings. The highest BCUT2D eigenvalue weighted by molar-refractivity contribution is 5.79. The lowest BCUT2D eigenvalue weighted by molar-refractivity contribution is 0.0170. The van der Waals surface area contributed by atoms with Crippen LogP contribution in [0, 0.1) is 6.92 Å². The summed E-state index contributed by atoms with van der Waals surface area (Å²) in [5, 5.41) is 6.87. The molecule has 2 N–H and O–H groups in total. The average Bonchev–Trinajstić information content (AvgIpc) is 2.75. The van der Waals surface area contributed by atoms with Gasteiger partial charge in [-0.05, 0) is 31.5 Å². The number of aryl methyl sites for hydroxylation is 1. The van der Waals surface area contributed by atoms with Gasteiger partial charge in [-0.2, -0.15) is 0 Å². The van der Waals surface area contributed by atoms with E-state index in [2.05, 4.69) is 58.6 Å². The van der Waals surface area contributed by atoms with Gasteiger partial charge < -0.3 is 15.4 Å². The molecule has 3 rings (SSSR count). The van der Waals surface area contributed by atoms with Crippen molar-refractivity contribution in [1.29, 1.82) is 0 Å². The summed E-state index contributed by atoms with van der Waals surface area (Å²) in [6.07, 6.45) is 1.80. The van der Waals surface area contributed by atoms with E-state index >= 15 is 0 Å². The molecule has 1 aromatic carbocycles. The van der Waals surface area contributed by atoms with Gasteiger partial charge in [0, 0.05) is 32.4 Å². The van der Waals surface area contributed by atoms with Crippen molar-refractivity contribution in [3.63, 3.8) is 0 Å². The molecule has 1 saturated heterocycles. The van der Waals surface area contributed by atoms with Gasteiger partial charge in [0.05, 0.1) is 31.5 Å². The van der Waals surface area contributed by atoms with Crippen molar-refractivity contribution >= 4 is 5.96 Å². The second-order valence-corrected chi connectivity index (χ2v) is 6.97. The molecule has 6 nitrogen and oxygen atoms in total. The molecule has 28 heavy (non-hydrogen) atoms. The molecule has 1 aliphatic heterocycles. The van der Waals surface area contributed by atoms with Crippen LogP contribution in [0.2, 0.25) is 0 Å². The van der Waals surface area contributed by atoms with Crippen molar-refractivity contribution in [3.05, 3.63) is 65.5 Å². The molecule has 2 heterocycles. The summed E-state index contributed by atoms with van der Waals surface area (Å²) in [7, 11) is 0. The summed E-state index contributed by atoms with van der Waals surface area (Å²) < 4.78 is 5.55. The fraction of sp³-hybridized carbons (Fsp3) is 0.455. The van der Waals surface area contributed by atoms with Crippen LogP contribution in [0.1, 0.15) is 29.8 Å². The Morgan fingerprint density at radius 1 is 1.14 bits per heavy atom. The van der Waals surface area contributed by atoms with Crippen LogP contribution in [0.5, 0.6) is 0 Å². The Morgan fingerprint density at radius 3 is 2.61 bits per heavy atom. The number of aromatic nitrogens is 1. The first-order chi connectivity index (χ1) is 13.8. The van der Waals surface area contributed by atoms with E-state index < -0.39 is 0 Å². The van der Waals surface area contributed by atoms with Gasteiger partial charge in [0.2, 0.25) is 0 Å². The van der Waals surface area contributed by atoms with Crippen molar-refractivity contribution in [3.8, 4) is 0 Å². The third-order valence-electron chi connectivity index (χ3n) is 4.88. The monoisotopic (exact) mass is 381 g/mol. The van der Waals surface area contributed by atoms with Crippen molar-refractivity contribution in [2.75, 3.05) is 39.4 Å². The fourth-order valence-electron chi connectivity index (χ4n) is 3.32. The molecule has 0 spiro atoms. The highest BCUT2D eigenvalue weighted by atomic mass is 16.5. The highest BCUT2D eigenvalue weighted by Gasteiger charge is 2.22. The minimum Gasteiger partial charge on any atom is -0.379 e. The van der Waals surface area contributed by atoms with Gasteiger partial charge in [-0.3, -0.25) is 9.88 Å². The molecule has 6 heteroatoms. The summed E-state index contributed by atoms with van der Waals surface area (Å²) in [4.78, 5) is 11.5. The zero-order chi connectivity index (χ0) is 19.6. The van der Waals surface area contributed by atoms with Crippen LogP contribution in [0.15, 0.2) is 53.7 Å². The van der Waals surface area contributed by atoms with Crippen LogP contribution in [-0.4, -0.2) is 55.2 Å². The number of hydrogen-bond donors (Lipinski definition) is 2. The SMILES string of the molecule is CCNC(=NCc1ccccn1)NCC(c1ccc(C)cc1)N1CCOCC1. The molecule has 150 valence electrons. The molecule has 0 saturated carbocycles. The number of rotatable bonds is 7. The van der Waals surface area contributed by atoms with Crippen LogP contribution in [0.4, 0.5) is 0 Å². The van der Waals surface area contributed by atoms with E-state index in [1.54, 1.807) is 6.20 Å². The predicted molar refractivity (Wildman–Crippen MR) is 113 cm³/mol. The zero-order valence-corrected chi connectivity index (χ0v) is 16.9. The third kappa shape index (κ3) is 6.04. The van der Waals surface area contributed by atoms with Crippen LogP contribution < -0.4 is 10.6 Å². The topological polar surface area (TPSA) is 61.8 Å². The predicted octanol–water partition coefficient (Wildman–Crippen LogP) is 2.52. The normalized spacial score (nSPS) is 16.6. The number of pyridine rings is 1. The van der Waals surface area contributed by atoms with Gasteiger partial charge in [0.1, 0.15) is 0 Å². The molecule has 1 aliphatic rings. The van der Waals surface area contributed by atoms with Gasteiger partial charge in [0.25, 0.3) is 0 Å². The van der Waals surface area contributed by atoms with Gasteiger partial charge >= 0.3 is 0 Å². The van der Waals surface area contributed by atoms with E-state index in [1.807, 2.05) is 18.2 Å². The van der Waals surface area contributed by atoms with E-state index in [4.69, 9.17) is 9.73 Å². The second-order valence-electron chi connectivity index (χ2n) is 6.97. The first-order valence-electron chi connectivity index (χ1n) is 10.1. The summed E-state index contributed by atoms with van der Waals surface area (Å²) in [6.45, 7) is 9.84. The fourth-order valence-corrected chi connectivity index (χ4v) is 3.32. The van der Waals surface area contributed by atoms with E-state index in [1.165, 1.54) is 11.1 Å². The largest absolute Gasteiger partial charge is 0.379 e. The maximum atomic E-state index is 5.55. The minimum atomic E-state index is 0.281. The summed E-state index contributed by atoms with van der Waals surface area (Å²) in [5.41, 5.74) is 3.56. The zero-order valence-electron chi connectivity index (χ0n) is 16.9. The molecule has 0 aliphatic carbocycles. The smallest absolute Gasteiger partial charge is 0.191 e. The quantitative estimate of drug-likeness (QED) is 0.570. The lowest BCUT2D eigenvalue weighted by Crippen LogP contribution is -2.46. The first kappa shape index (κ1) is 20.3. The van der Waals surface area contributed by atoms with Crippen LogP contribution in [-0.2, 0) is 11.3 Å². The average molecular weight is 382 g/mol. The number of benzene rings is 1. The molecule has 1 aromatic heterocycles. The van der Waals surface area contributed by atoms with Crippen LogP contribution in [0.3, 0.4) is 0 Å². The van der Waals surface area contributed by atoms with Gasteiger partial charge in [-0.15, -0.1) is 0 Å². The van der Waals surface area contributed by atoms with Crippen LogP contribution >= 0.6 is 0 Å². The molecular formula is C22H31N5O. The summed E-state index contributed by atoms with van der Waals surface area (Å²) in [6, 6.07) is 15.0. The molecule has 0 radical (unpaired) electrons. The van der Waals surface area contributed by atoms with Crippen molar-refractivity contribution in [2.24, 2.45) is 4.99 Å². The number of nitrogens with zero attached hydrogens (tertiary/aromatic N) is 3. The van der Waals surface area contributed by atoms with Crippen molar-refractivity contribution in [1.82, 2.24) is 20.5 Å². The number of ether oxygens (including phenoxy) is 1. The van der Waals surface area contributed by atoms with E-state index in [-0.39, 0.29) is 6.04 Å². The van der Waals surface area contributed by atoms with Gasteiger partial charge in [0.15, 0.2) is 5.96 Å². The summed E-state index contributed by atoms with van der Waals surface area (Å²) >= 11 is 0. The number of aliphatic imine (C=N–C) groups is 1. The summed E-state index contributed by atoms with van der Waals surface area (Å²) in [5.74, 6) is 0.818. The van der Waals surface area contributed by atoms with Gasteiger partial charge in [-0.25, -0.2) is 4.99 Å². The minimum absolute atomic E-state index is 0.281. The van der Waals surface area contributed by atoms with Gasteiger partial charge in [-0.1, -0.05) is 35.9 Å². The first-order valence-corrected chi connectivity index (χ1v) is 10.1. The molecule has 1 unspecified atom stereocenters. The Labute approximate surface area is 168 Å². The van der Waals surface area contributed by atoms with Crippen LogP contribution in [0.25, 0.3) is 0 Å². The molecule has 0 bridgehead atoms. The third-order valence-corrected chi connectivity index (χ3v) is 4.88. The Hall–Kier alpha value is -2.44. The molecule has 1 fully saturated rings. The van der Waals surface area contributed by atoms with E-state index in [0.717, 1.165) is 51.0 Å². The maximum absolute atomic E-state index is 5.55. The molecule has 1 atom stereocenters. The van der Waals surface area contributed by atoms with Crippen molar-refractivity contribution in [2.45, 2.75) is 26.4 Å². The number of hydrogen-bond acceptors (Lipinski definition) is 4. The lowest BCUT2D eigenvalue weighted by Gasteiger charge is -2.35. The Bertz CT molecular complexity index is 726. The highest BCUT2D eigenvalue weighted by Crippen LogP contribution is 2.21. The van der Waals surface area contributed by atoms with E-state index in [0.29, 0.717) is 6.54 Å². The Kier molecular flexibility index (Phi) is 7.82. The number of morpholine rings is 1. The molecule has 0 amide bonds. The Balaban J connectivity index is 1.69.